The van der Waals surface area contributed by atoms with Gasteiger partial charge in [-0.3, -0.25) is 0 Å². The molecule has 1 heterocycles. The van der Waals surface area contributed by atoms with Gasteiger partial charge in [-0.25, -0.2) is 0 Å². The van der Waals surface area contributed by atoms with E-state index in [1.54, 1.807) is 12.5 Å². The monoisotopic (exact) mass is 348 g/mol. The fourth-order valence-corrected chi connectivity index (χ4v) is 4.24. The molecule has 0 saturated carbocycles. The van der Waals surface area contributed by atoms with Gasteiger partial charge in [0.05, 0.1) is 0 Å². The molecule has 2 unspecified atom stereocenters. The van der Waals surface area contributed by atoms with E-state index < -0.39 is 11.4 Å². The molecular weight excluding hydrogens is 324 g/mol. The van der Waals surface area contributed by atoms with Crippen LogP contribution in [-0.4, -0.2) is 5.11 Å². The minimum Gasteiger partial charge on any atom is -0.449 e. The lowest BCUT2D eigenvalue weighted by Gasteiger charge is -2.35. The SMILES string of the molecule is CC1=C(C)C(O)(c2ccccc2C2(c3ccccc3)OC=CO2)CC1C. The van der Waals surface area contributed by atoms with E-state index in [9.17, 15) is 5.11 Å². The van der Waals surface area contributed by atoms with Gasteiger partial charge in [-0.1, -0.05) is 67.1 Å². The van der Waals surface area contributed by atoms with Gasteiger partial charge in [0.25, 0.3) is 0 Å². The third-order valence-corrected chi connectivity index (χ3v) is 5.96. The number of rotatable bonds is 3. The van der Waals surface area contributed by atoms with Crippen LogP contribution >= 0.6 is 0 Å². The Morgan fingerprint density at radius 1 is 0.885 bits per heavy atom. The van der Waals surface area contributed by atoms with Crippen molar-refractivity contribution in [3.63, 3.8) is 0 Å². The van der Waals surface area contributed by atoms with Crippen molar-refractivity contribution in [1.82, 2.24) is 0 Å². The molecule has 3 nitrogen and oxygen atoms in total. The van der Waals surface area contributed by atoms with Crippen molar-refractivity contribution in [2.24, 2.45) is 5.92 Å². The van der Waals surface area contributed by atoms with Crippen LogP contribution in [-0.2, 0) is 20.9 Å². The van der Waals surface area contributed by atoms with Crippen LogP contribution in [0.3, 0.4) is 0 Å². The second kappa shape index (κ2) is 6.03. The number of hydrogen-bond acceptors (Lipinski definition) is 3. The zero-order valence-electron chi connectivity index (χ0n) is 15.4. The van der Waals surface area contributed by atoms with Crippen molar-refractivity contribution in [1.29, 1.82) is 0 Å². The van der Waals surface area contributed by atoms with Crippen molar-refractivity contribution < 1.29 is 14.6 Å². The summed E-state index contributed by atoms with van der Waals surface area (Å²) >= 11 is 0. The lowest BCUT2D eigenvalue weighted by Crippen LogP contribution is -2.35. The first-order valence-electron chi connectivity index (χ1n) is 9.05. The van der Waals surface area contributed by atoms with Crippen molar-refractivity contribution in [2.45, 2.75) is 38.6 Å². The van der Waals surface area contributed by atoms with Crippen LogP contribution in [0.2, 0.25) is 0 Å². The van der Waals surface area contributed by atoms with Crippen LogP contribution in [0.4, 0.5) is 0 Å². The molecule has 1 aliphatic carbocycles. The van der Waals surface area contributed by atoms with Crippen LogP contribution in [0.25, 0.3) is 0 Å². The topological polar surface area (TPSA) is 38.7 Å². The van der Waals surface area contributed by atoms with Gasteiger partial charge in [0, 0.05) is 11.1 Å². The van der Waals surface area contributed by atoms with Crippen molar-refractivity contribution in [3.05, 3.63) is 95.0 Å². The van der Waals surface area contributed by atoms with Gasteiger partial charge in [0.1, 0.15) is 18.1 Å². The molecule has 4 rings (SSSR count). The average molecular weight is 348 g/mol. The number of allylic oxidation sites excluding steroid dienone is 1. The van der Waals surface area contributed by atoms with Gasteiger partial charge < -0.3 is 14.6 Å². The largest absolute Gasteiger partial charge is 0.449 e. The lowest BCUT2D eigenvalue weighted by molar-refractivity contribution is -0.115. The van der Waals surface area contributed by atoms with Crippen molar-refractivity contribution >= 4 is 0 Å². The Labute approximate surface area is 154 Å². The van der Waals surface area contributed by atoms with Crippen molar-refractivity contribution in [3.8, 4) is 0 Å². The van der Waals surface area contributed by atoms with Gasteiger partial charge in [-0.2, -0.15) is 0 Å². The highest BCUT2D eigenvalue weighted by Crippen LogP contribution is 2.50. The normalized spacial score (nSPS) is 26.7. The van der Waals surface area contributed by atoms with Gasteiger partial charge in [-0.15, -0.1) is 0 Å². The quantitative estimate of drug-likeness (QED) is 0.796. The van der Waals surface area contributed by atoms with Gasteiger partial charge >= 0.3 is 5.79 Å². The predicted octanol–water partition coefficient (Wildman–Crippen LogP) is 4.97. The molecule has 3 heteroatoms. The second-order valence-electron chi connectivity index (χ2n) is 7.31. The molecule has 0 amide bonds. The summed E-state index contributed by atoms with van der Waals surface area (Å²) in [5.41, 5.74) is 3.82. The summed E-state index contributed by atoms with van der Waals surface area (Å²) in [6.07, 6.45) is 3.80. The molecule has 0 saturated heterocycles. The Morgan fingerprint density at radius 3 is 2.04 bits per heavy atom. The Hall–Kier alpha value is -2.52. The maximum absolute atomic E-state index is 11.7. The molecule has 1 N–H and O–H groups in total. The highest BCUT2D eigenvalue weighted by Gasteiger charge is 2.48. The molecule has 2 aromatic carbocycles. The molecule has 2 atom stereocenters. The van der Waals surface area contributed by atoms with E-state index >= 15 is 0 Å². The maximum Gasteiger partial charge on any atom is 0.304 e. The van der Waals surface area contributed by atoms with Crippen LogP contribution in [0.15, 0.2) is 78.3 Å². The Kier molecular flexibility index (Phi) is 3.92. The summed E-state index contributed by atoms with van der Waals surface area (Å²) in [4.78, 5) is 0. The molecule has 0 radical (unpaired) electrons. The highest BCUT2D eigenvalue weighted by atomic mass is 16.7. The zero-order chi connectivity index (χ0) is 18.4. The Bertz CT molecular complexity index is 873. The van der Waals surface area contributed by atoms with E-state index in [0.29, 0.717) is 12.3 Å². The molecule has 2 aromatic rings. The highest BCUT2D eigenvalue weighted by molar-refractivity contribution is 5.48. The number of hydrogen-bond donors (Lipinski definition) is 1. The molecule has 0 bridgehead atoms. The minimum atomic E-state index is -1.08. The van der Waals surface area contributed by atoms with E-state index in [0.717, 1.165) is 22.3 Å². The van der Waals surface area contributed by atoms with Crippen LogP contribution in [0.5, 0.6) is 0 Å². The van der Waals surface area contributed by atoms with E-state index in [1.807, 2.05) is 61.5 Å². The fourth-order valence-electron chi connectivity index (χ4n) is 4.24. The standard InChI is InChI=1S/C23H24O3/c1-16-15-22(24,18(3)17(16)2)20-11-7-8-12-21(20)23(25-13-14-26-23)19-9-5-4-6-10-19/h4-14,16,24H,15H2,1-3H3. The molecule has 0 spiro atoms. The zero-order valence-corrected chi connectivity index (χ0v) is 15.4. The molecular formula is C23H24O3. The summed E-state index contributed by atoms with van der Waals surface area (Å²) in [6, 6.07) is 17.8. The van der Waals surface area contributed by atoms with Crippen LogP contribution < -0.4 is 0 Å². The van der Waals surface area contributed by atoms with Crippen LogP contribution in [0.1, 0.15) is 43.9 Å². The van der Waals surface area contributed by atoms with Gasteiger partial charge in [-0.05, 0) is 37.3 Å². The van der Waals surface area contributed by atoms with E-state index in [1.165, 1.54) is 5.57 Å². The predicted molar refractivity (Wildman–Crippen MR) is 101 cm³/mol. The summed E-state index contributed by atoms with van der Waals surface area (Å²) < 4.78 is 12.0. The van der Waals surface area contributed by atoms with Crippen LogP contribution in [0, 0.1) is 5.92 Å². The number of ether oxygens (including phenoxy) is 2. The molecule has 2 aliphatic rings. The minimum absolute atomic E-state index is 0.337. The van der Waals surface area contributed by atoms with E-state index in [-0.39, 0.29) is 0 Å². The Balaban J connectivity index is 1.92. The molecule has 0 fully saturated rings. The summed E-state index contributed by atoms with van der Waals surface area (Å²) in [7, 11) is 0. The first-order chi connectivity index (χ1) is 12.5. The van der Waals surface area contributed by atoms with E-state index in [4.69, 9.17) is 9.47 Å². The molecule has 0 aromatic heterocycles. The summed E-state index contributed by atoms with van der Waals surface area (Å²) in [5, 5.41) is 11.7. The molecule has 1 aliphatic heterocycles. The first kappa shape index (κ1) is 16.9. The number of benzene rings is 2. The van der Waals surface area contributed by atoms with Gasteiger partial charge in [0.2, 0.25) is 0 Å². The first-order valence-corrected chi connectivity index (χ1v) is 9.05. The third kappa shape index (κ3) is 2.31. The summed E-state index contributed by atoms with van der Waals surface area (Å²) in [6.45, 7) is 6.30. The maximum atomic E-state index is 11.7. The van der Waals surface area contributed by atoms with E-state index in [2.05, 4.69) is 13.8 Å². The smallest absolute Gasteiger partial charge is 0.304 e. The molecule has 26 heavy (non-hydrogen) atoms. The molecule has 134 valence electrons. The average Bonchev–Trinajstić information content (AvgIpc) is 3.24. The Morgan fingerprint density at radius 2 is 1.46 bits per heavy atom. The van der Waals surface area contributed by atoms with Gasteiger partial charge in [0.15, 0.2) is 0 Å². The van der Waals surface area contributed by atoms with Crippen molar-refractivity contribution in [2.75, 3.05) is 0 Å². The third-order valence-electron chi connectivity index (χ3n) is 5.96. The summed E-state index contributed by atoms with van der Waals surface area (Å²) in [5.74, 6) is -0.739. The second-order valence-corrected chi connectivity index (χ2v) is 7.31. The lowest BCUT2D eigenvalue weighted by atomic mass is 9.80. The number of aliphatic hydroxyl groups is 1. The fraction of sp³-hybridized carbons (Fsp3) is 0.304.